The van der Waals surface area contributed by atoms with Crippen LogP contribution in [0.2, 0.25) is 0 Å². The Morgan fingerprint density at radius 3 is 2.25 bits per heavy atom. The maximum absolute atomic E-state index is 13.9. The van der Waals surface area contributed by atoms with Gasteiger partial charge in [-0.25, -0.2) is 0 Å². The van der Waals surface area contributed by atoms with Gasteiger partial charge in [-0.15, -0.1) is 0 Å². The highest BCUT2D eigenvalue weighted by atomic mass is 16.5. The van der Waals surface area contributed by atoms with Gasteiger partial charge in [0, 0.05) is 11.7 Å². The third-order valence-corrected chi connectivity index (χ3v) is 6.48. The number of nitrogens with one attached hydrogen (secondary N) is 1. The zero-order valence-corrected chi connectivity index (χ0v) is 20.9. The minimum Gasteiger partial charge on any atom is -0.497 e. The highest BCUT2D eigenvalue weighted by molar-refractivity contribution is 6.08. The number of nitrogens with zero attached hydrogens (tertiary/aromatic N) is 1. The van der Waals surface area contributed by atoms with Crippen LogP contribution in [0.5, 0.6) is 17.2 Å². The van der Waals surface area contributed by atoms with Gasteiger partial charge < -0.3 is 23.9 Å². The van der Waals surface area contributed by atoms with Gasteiger partial charge in [0.05, 0.1) is 27.6 Å². The number of carbonyl (C=O) groups excluding carboxylic acids is 2. The fourth-order valence-electron chi connectivity index (χ4n) is 4.61. The molecule has 2 amide bonds. The first-order valence-electron chi connectivity index (χ1n) is 12.1. The van der Waals surface area contributed by atoms with Gasteiger partial charge in [-0.2, -0.15) is 0 Å². The Kier molecular flexibility index (Phi) is 8.15. The summed E-state index contributed by atoms with van der Waals surface area (Å²) in [7, 11) is 4.66. The maximum Gasteiger partial charge on any atom is 0.294 e. The van der Waals surface area contributed by atoms with E-state index in [4.69, 9.17) is 18.6 Å². The van der Waals surface area contributed by atoms with Gasteiger partial charge in [0.2, 0.25) is 5.91 Å². The largest absolute Gasteiger partial charge is 0.497 e. The van der Waals surface area contributed by atoms with Crippen LogP contribution >= 0.6 is 0 Å². The number of ether oxygens (including phenoxy) is 3. The maximum atomic E-state index is 13.9. The topological polar surface area (TPSA) is 90.2 Å². The molecule has 36 heavy (non-hydrogen) atoms. The Balaban J connectivity index is 1.82. The number of hydrogen-bond acceptors (Lipinski definition) is 6. The summed E-state index contributed by atoms with van der Waals surface area (Å²) in [5.41, 5.74) is 1.10. The molecule has 2 aromatic carbocycles. The van der Waals surface area contributed by atoms with Crippen LogP contribution in [0.3, 0.4) is 0 Å². The molecule has 1 aliphatic rings. The summed E-state index contributed by atoms with van der Waals surface area (Å²) in [5, 5.41) is 3.20. The number of hydrogen-bond donors (Lipinski definition) is 1. The van der Waals surface area contributed by atoms with Gasteiger partial charge in [0.15, 0.2) is 17.3 Å². The van der Waals surface area contributed by atoms with E-state index in [1.54, 1.807) is 68.8 Å². The molecule has 1 atom stereocenters. The van der Waals surface area contributed by atoms with Crippen molar-refractivity contribution in [1.82, 2.24) is 5.32 Å². The molecule has 0 saturated heterocycles. The molecule has 8 heteroatoms. The molecule has 1 N–H and O–H groups in total. The van der Waals surface area contributed by atoms with Crippen molar-refractivity contribution in [3.63, 3.8) is 0 Å². The molecule has 0 spiro atoms. The molecule has 0 bridgehead atoms. The molecular weight excluding hydrogens is 460 g/mol. The van der Waals surface area contributed by atoms with Gasteiger partial charge in [-0.05, 0) is 66.9 Å². The second-order valence-corrected chi connectivity index (χ2v) is 8.71. The van der Waals surface area contributed by atoms with Gasteiger partial charge in [0.1, 0.15) is 11.8 Å². The van der Waals surface area contributed by atoms with Crippen molar-refractivity contribution in [2.24, 2.45) is 0 Å². The molecule has 190 valence electrons. The van der Waals surface area contributed by atoms with E-state index in [0.717, 1.165) is 25.7 Å². The summed E-state index contributed by atoms with van der Waals surface area (Å²) in [5.74, 6) is 1.04. The Hall–Kier alpha value is -3.94. The van der Waals surface area contributed by atoms with E-state index < -0.39 is 11.9 Å². The van der Waals surface area contributed by atoms with E-state index in [9.17, 15) is 9.59 Å². The molecule has 0 radical (unpaired) electrons. The predicted molar refractivity (Wildman–Crippen MR) is 136 cm³/mol. The van der Waals surface area contributed by atoms with E-state index in [2.05, 4.69) is 5.32 Å². The highest BCUT2D eigenvalue weighted by Crippen LogP contribution is 2.36. The highest BCUT2D eigenvalue weighted by Gasteiger charge is 2.36. The second-order valence-electron chi connectivity index (χ2n) is 8.71. The van der Waals surface area contributed by atoms with E-state index >= 15 is 0 Å². The third kappa shape index (κ3) is 5.48. The van der Waals surface area contributed by atoms with E-state index in [-0.39, 0.29) is 17.7 Å². The molecule has 0 unspecified atom stereocenters. The van der Waals surface area contributed by atoms with Gasteiger partial charge in [-0.1, -0.05) is 25.3 Å². The molecule has 1 aromatic heterocycles. The van der Waals surface area contributed by atoms with Crippen molar-refractivity contribution in [3.8, 4) is 17.2 Å². The second kappa shape index (κ2) is 11.7. The average Bonchev–Trinajstić information content (AvgIpc) is 3.47. The summed E-state index contributed by atoms with van der Waals surface area (Å²) in [6, 6.07) is 14.6. The monoisotopic (exact) mass is 492 g/mol. The molecule has 4 rings (SSSR count). The van der Waals surface area contributed by atoms with Crippen molar-refractivity contribution < 1.29 is 28.2 Å². The number of carbonyl (C=O) groups is 2. The molecule has 8 nitrogen and oxygen atoms in total. The summed E-state index contributed by atoms with van der Waals surface area (Å²) in [6.07, 6.45) is 6.57. The number of methoxy groups -OCH3 is 3. The van der Waals surface area contributed by atoms with Crippen molar-refractivity contribution >= 4 is 17.5 Å². The number of anilines is 1. The number of amides is 2. The standard InChI is InChI=1S/C28H32N2O6/c1-33-22-14-12-21(13-15-22)30(28(32)24-10-7-17-36-24)26(27(31)29-20-8-5-4-6-9-20)19-11-16-23(34-2)25(18-19)35-3/h7,10-18,20,26H,4-6,8-9H2,1-3H3,(H,29,31)/t26-/m0/s1. The van der Waals surface area contributed by atoms with Crippen LogP contribution in [0.1, 0.15) is 54.3 Å². The first-order valence-corrected chi connectivity index (χ1v) is 12.1. The van der Waals surface area contributed by atoms with Gasteiger partial charge in [-0.3, -0.25) is 14.5 Å². The fourth-order valence-corrected chi connectivity index (χ4v) is 4.61. The Labute approximate surface area is 211 Å². The Bertz CT molecular complexity index is 1150. The van der Waals surface area contributed by atoms with Crippen molar-refractivity contribution in [2.45, 2.75) is 44.2 Å². The lowest BCUT2D eigenvalue weighted by Gasteiger charge is -2.33. The van der Waals surface area contributed by atoms with Crippen LogP contribution in [0.4, 0.5) is 5.69 Å². The van der Waals surface area contributed by atoms with Crippen LogP contribution in [0, 0.1) is 0 Å². The average molecular weight is 493 g/mol. The lowest BCUT2D eigenvalue weighted by atomic mass is 9.94. The fraction of sp³-hybridized carbons (Fsp3) is 0.357. The van der Waals surface area contributed by atoms with Crippen molar-refractivity contribution in [2.75, 3.05) is 26.2 Å². The third-order valence-electron chi connectivity index (χ3n) is 6.48. The van der Waals surface area contributed by atoms with Crippen LogP contribution < -0.4 is 24.4 Å². The number of furan rings is 1. The normalized spacial score (nSPS) is 14.5. The minimum absolute atomic E-state index is 0.0605. The zero-order valence-electron chi connectivity index (χ0n) is 20.9. The van der Waals surface area contributed by atoms with E-state index in [1.807, 2.05) is 0 Å². The SMILES string of the molecule is COc1ccc(N(C(=O)c2ccco2)[C@H](C(=O)NC2CCCCC2)c2ccc(OC)c(OC)c2)cc1. The number of benzene rings is 2. The molecule has 3 aromatic rings. The molecular formula is C28H32N2O6. The zero-order chi connectivity index (χ0) is 25.5. The number of rotatable bonds is 9. The van der Waals surface area contributed by atoms with Gasteiger partial charge in [0.25, 0.3) is 5.91 Å². The first kappa shape index (κ1) is 25.2. The van der Waals surface area contributed by atoms with Crippen molar-refractivity contribution in [1.29, 1.82) is 0 Å². The van der Waals surface area contributed by atoms with E-state index in [0.29, 0.717) is 28.5 Å². The van der Waals surface area contributed by atoms with Gasteiger partial charge >= 0.3 is 0 Å². The smallest absolute Gasteiger partial charge is 0.294 e. The summed E-state index contributed by atoms with van der Waals surface area (Å²) >= 11 is 0. The minimum atomic E-state index is -0.988. The predicted octanol–water partition coefficient (Wildman–Crippen LogP) is 5.14. The van der Waals surface area contributed by atoms with Crippen molar-refractivity contribution in [3.05, 3.63) is 72.2 Å². The van der Waals surface area contributed by atoms with Crippen LogP contribution in [0.15, 0.2) is 65.3 Å². The first-order chi connectivity index (χ1) is 17.5. The van der Waals surface area contributed by atoms with Crippen LogP contribution in [0.25, 0.3) is 0 Å². The lowest BCUT2D eigenvalue weighted by Crippen LogP contribution is -2.47. The Morgan fingerprint density at radius 1 is 0.917 bits per heavy atom. The molecule has 1 saturated carbocycles. The lowest BCUT2D eigenvalue weighted by molar-refractivity contribution is -0.123. The molecule has 1 fully saturated rings. The molecule has 1 heterocycles. The molecule has 0 aliphatic heterocycles. The van der Waals surface area contributed by atoms with E-state index in [1.165, 1.54) is 24.7 Å². The summed E-state index contributed by atoms with van der Waals surface area (Å²) in [4.78, 5) is 29.2. The quantitative estimate of drug-likeness (QED) is 0.445. The summed E-state index contributed by atoms with van der Waals surface area (Å²) < 4.78 is 21.7. The Morgan fingerprint density at radius 2 is 1.64 bits per heavy atom. The van der Waals surface area contributed by atoms with Crippen LogP contribution in [-0.2, 0) is 4.79 Å². The molecule has 1 aliphatic carbocycles. The summed E-state index contributed by atoms with van der Waals surface area (Å²) in [6.45, 7) is 0. The van der Waals surface area contributed by atoms with Crippen LogP contribution in [-0.4, -0.2) is 39.2 Å².